The van der Waals surface area contributed by atoms with Crippen LogP contribution in [0.1, 0.15) is 31.8 Å². The minimum atomic E-state index is -0.997. The first-order chi connectivity index (χ1) is 10.1. The van der Waals surface area contributed by atoms with Crippen LogP contribution in [-0.4, -0.2) is 22.1 Å². The van der Waals surface area contributed by atoms with E-state index in [2.05, 4.69) is 5.32 Å². The average Bonchev–Trinajstić information content (AvgIpc) is 2.53. The molecule has 21 heavy (non-hydrogen) atoms. The van der Waals surface area contributed by atoms with E-state index in [1.165, 1.54) is 12.1 Å². The smallest absolute Gasteiger partial charge is 0.335 e. The van der Waals surface area contributed by atoms with Crippen LogP contribution in [0.15, 0.2) is 48.5 Å². The van der Waals surface area contributed by atoms with Crippen molar-refractivity contribution in [1.29, 1.82) is 0 Å². The number of rotatable bonds is 5. The molecule has 0 fully saturated rings. The van der Waals surface area contributed by atoms with Crippen LogP contribution in [0, 0.1) is 0 Å². The molecule has 0 aliphatic carbocycles. The Morgan fingerprint density at radius 3 is 2.29 bits per heavy atom. The van der Waals surface area contributed by atoms with E-state index in [-0.39, 0.29) is 24.6 Å². The van der Waals surface area contributed by atoms with Crippen molar-refractivity contribution < 1.29 is 19.8 Å². The molecule has 0 saturated carbocycles. The van der Waals surface area contributed by atoms with Gasteiger partial charge in [-0.1, -0.05) is 24.3 Å². The van der Waals surface area contributed by atoms with Gasteiger partial charge in [-0.25, -0.2) is 4.79 Å². The molecule has 1 amide bonds. The predicted molar refractivity (Wildman–Crippen MR) is 76.9 cm³/mol. The van der Waals surface area contributed by atoms with Gasteiger partial charge >= 0.3 is 5.97 Å². The van der Waals surface area contributed by atoms with Crippen LogP contribution in [0.3, 0.4) is 0 Å². The zero-order valence-corrected chi connectivity index (χ0v) is 11.2. The molecular formula is C16H15NO4. The predicted octanol–water partition coefficient (Wildman–Crippen LogP) is 1.81. The number of hydrogen-bond acceptors (Lipinski definition) is 3. The Bertz CT molecular complexity index is 650. The lowest BCUT2D eigenvalue weighted by atomic mass is 10.1. The summed E-state index contributed by atoms with van der Waals surface area (Å²) >= 11 is 0. The molecule has 2 aromatic carbocycles. The van der Waals surface area contributed by atoms with Gasteiger partial charge in [0.15, 0.2) is 0 Å². The molecule has 3 N–H and O–H groups in total. The SMILES string of the molecule is O=C(O)c1cccc(CNC(=O)c2ccc(CO)cc2)c1. The zero-order chi connectivity index (χ0) is 15.2. The highest BCUT2D eigenvalue weighted by molar-refractivity contribution is 5.94. The molecule has 0 aromatic heterocycles. The highest BCUT2D eigenvalue weighted by Gasteiger charge is 2.07. The van der Waals surface area contributed by atoms with Gasteiger partial charge < -0.3 is 15.5 Å². The lowest BCUT2D eigenvalue weighted by Gasteiger charge is -2.06. The third-order valence-electron chi connectivity index (χ3n) is 3.03. The fraction of sp³-hybridized carbons (Fsp3) is 0.125. The van der Waals surface area contributed by atoms with Gasteiger partial charge in [0.05, 0.1) is 12.2 Å². The summed E-state index contributed by atoms with van der Waals surface area (Å²) < 4.78 is 0. The molecule has 5 heteroatoms. The van der Waals surface area contributed by atoms with Crippen LogP contribution < -0.4 is 5.32 Å². The van der Waals surface area contributed by atoms with Crippen LogP contribution in [0.25, 0.3) is 0 Å². The van der Waals surface area contributed by atoms with Crippen molar-refractivity contribution in [3.05, 3.63) is 70.8 Å². The molecule has 0 unspecified atom stereocenters. The number of carboxylic acids is 1. The summed E-state index contributed by atoms with van der Waals surface area (Å²) in [6.07, 6.45) is 0. The summed E-state index contributed by atoms with van der Waals surface area (Å²) in [5.41, 5.74) is 2.13. The van der Waals surface area contributed by atoms with E-state index in [1.807, 2.05) is 0 Å². The fourth-order valence-electron chi connectivity index (χ4n) is 1.86. The molecule has 108 valence electrons. The standard InChI is InChI=1S/C16H15NO4/c18-10-11-4-6-13(7-5-11)15(19)17-9-12-2-1-3-14(8-12)16(20)21/h1-8,18H,9-10H2,(H,17,19)(H,20,21). The van der Waals surface area contributed by atoms with Gasteiger partial charge in [-0.3, -0.25) is 4.79 Å². The first-order valence-electron chi connectivity index (χ1n) is 6.40. The van der Waals surface area contributed by atoms with E-state index in [0.29, 0.717) is 5.56 Å². The van der Waals surface area contributed by atoms with Crippen molar-refractivity contribution in [3.63, 3.8) is 0 Å². The minimum Gasteiger partial charge on any atom is -0.478 e. The maximum atomic E-state index is 11.9. The van der Waals surface area contributed by atoms with Gasteiger partial charge in [0.2, 0.25) is 0 Å². The molecule has 0 radical (unpaired) electrons. The van der Waals surface area contributed by atoms with Gasteiger partial charge in [-0.05, 0) is 35.4 Å². The number of benzene rings is 2. The molecule has 5 nitrogen and oxygen atoms in total. The van der Waals surface area contributed by atoms with E-state index in [4.69, 9.17) is 10.2 Å². The van der Waals surface area contributed by atoms with Crippen molar-refractivity contribution in [3.8, 4) is 0 Å². The number of carbonyl (C=O) groups excluding carboxylic acids is 1. The second-order valence-corrected chi connectivity index (χ2v) is 4.54. The second kappa shape index (κ2) is 6.67. The van der Waals surface area contributed by atoms with Crippen LogP contribution in [-0.2, 0) is 13.2 Å². The first-order valence-corrected chi connectivity index (χ1v) is 6.40. The van der Waals surface area contributed by atoms with Crippen LogP contribution in [0.2, 0.25) is 0 Å². The van der Waals surface area contributed by atoms with Crippen LogP contribution in [0.5, 0.6) is 0 Å². The first kappa shape index (κ1) is 14.7. The molecule has 0 aliphatic rings. The third kappa shape index (κ3) is 3.90. The minimum absolute atomic E-state index is 0.0656. The van der Waals surface area contributed by atoms with E-state index in [1.54, 1.807) is 36.4 Å². The maximum Gasteiger partial charge on any atom is 0.335 e. The Labute approximate surface area is 121 Å². The number of nitrogens with one attached hydrogen (secondary N) is 1. The topological polar surface area (TPSA) is 86.6 Å². The molecule has 2 rings (SSSR count). The summed E-state index contributed by atoms with van der Waals surface area (Å²) in [6.45, 7) is 0.186. The highest BCUT2D eigenvalue weighted by atomic mass is 16.4. The Kier molecular flexibility index (Phi) is 4.68. The number of amides is 1. The summed E-state index contributed by atoms with van der Waals surface area (Å²) in [4.78, 5) is 22.8. The molecule has 2 aromatic rings. The average molecular weight is 285 g/mol. The largest absolute Gasteiger partial charge is 0.478 e. The molecule has 0 aliphatic heterocycles. The Balaban J connectivity index is 2.00. The number of hydrogen-bond donors (Lipinski definition) is 3. The molecule has 0 bridgehead atoms. The number of carboxylic acid groups (broad SMARTS) is 1. The lowest BCUT2D eigenvalue weighted by Crippen LogP contribution is -2.22. The number of aromatic carboxylic acids is 1. The summed E-state index contributed by atoms with van der Waals surface area (Å²) in [7, 11) is 0. The van der Waals surface area contributed by atoms with Crippen LogP contribution in [0.4, 0.5) is 0 Å². The second-order valence-electron chi connectivity index (χ2n) is 4.54. The monoisotopic (exact) mass is 285 g/mol. The highest BCUT2D eigenvalue weighted by Crippen LogP contribution is 2.07. The quantitative estimate of drug-likeness (QED) is 0.782. The van der Waals surface area contributed by atoms with Gasteiger partial charge in [0.1, 0.15) is 0 Å². The normalized spacial score (nSPS) is 10.1. The molecule has 0 atom stereocenters. The van der Waals surface area contributed by atoms with Crippen molar-refractivity contribution >= 4 is 11.9 Å². The van der Waals surface area contributed by atoms with E-state index >= 15 is 0 Å². The summed E-state index contributed by atoms with van der Waals surface area (Å²) in [6, 6.07) is 13.0. The fourth-order valence-corrected chi connectivity index (χ4v) is 1.86. The lowest BCUT2D eigenvalue weighted by molar-refractivity contribution is 0.0696. The van der Waals surface area contributed by atoms with Gasteiger partial charge in [0.25, 0.3) is 5.91 Å². The van der Waals surface area contributed by atoms with Crippen molar-refractivity contribution in [2.75, 3.05) is 0 Å². The third-order valence-corrected chi connectivity index (χ3v) is 3.03. The van der Waals surface area contributed by atoms with E-state index < -0.39 is 5.97 Å². The molecule has 0 spiro atoms. The van der Waals surface area contributed by atoms with Crippen molar-refractivity contribution in [2.24, 2.45) is 0 Å². The maximum absolute atomic E-state index is 11.9. The van der Waals surface area contributed by atoms with Crippen molar-refractivity contribution in [1.82, 2.24) is 5.32 Å². The van der Waals surface area contributed by atoms with Crippen LogP contribution >= 0.6 is 0 Å². The Morgan fingerprint density at radius 1 is 0.952 bits per heavy atom. The van der Waals surface area contributed by atoms with Gasteiger partial charge in [-0.2, -0.15) is 0 Å². The zero-order valence-electron chi connectivity index (χ0n) is 11.2. The molecule has 0 heterocycles. The van der Waals surface area contributed by atoms with E-state index in [9.17, 15) is 9.59 Å². The summed E-state index contributed by atoms with van der Waals surface area (Å²) in [5, 5.41) is 20.6. The van der Waals surface area contributed by atoms with E-state index in [0.717, 1.165) is 11.1 Å². The summed E-state index contributed by atoms with van der Waals surface area (Å²) in [5.74, 6) is -1.25. The van der Waals surface area contributed by atoms with Gasteiger partial charge in [0, 0.05) is 12.1 Å². The van der Waals surface area contributed by atoms with Crippen molar-refractivity contribution in [2.45, 2.75) is 13.2 Å². The molecular weight excluding hydrogens is 270 g/mol. The number of aliphatic hydroxyl groups excluding tert-OH is 1. The number of carbonyl (C=O) groups is 2. The number of aliphatic hydroxyl groups is 1. The Morgan fingerprint density at radius 2 is 1.67 bits per heavy atom. The Hall–Kier alpha value is -2.66. The molecule has 0 saturated heterocycles. The van der Waals surface area contributed by atoms with Gasteiger partial charge in [-0.15, -0.1) is 0 Å².